The second kappa shape index (κ2) is 7.79. The molecule has 9 nitrogen and oxygen atoms in total. The molecule has 0 unspecified atom stereocenters. The molecule has 0 aliphatic heterocycles. The van der Waals surface area contributed by atoms with Crippen LogP contribution in [-0.4, -0.2) is 38.6 Å². The summed E-state index contributed by atoms with van der Waals surface area (Å²) in [7, 11) is 1.53. The van der Waals surface area contributed by atoms with E-state index in [1.165, 1.54) is 17.9 Å². The number of hydrogen-bond acceptors (Lipinski definition) is 7. The number of methoxy groups -OCH3 is 1. The van der Waals surface area contributed by atoms with Crippen LogP contribution in [0.5, 0.6) is 5.75 Å². The lowest BCUT2D eigenvalue weighted by molar-refractivity contribution is -0.0643. The van der Waals surface area contributed by atoms with Crippen molar-refractivity contribution in [2.45, 2.75) is 24.6 Å². The first-order valence-corrected chi connectivity index (χ1v) is 10.6. The fourth-order valence-electron chi connectivity index (χ4n) is 4.42. The highest BCUT2D eigenvalue weighted by molar-refractivity contribution is 6.04. The van der Waals surface area contributed by atoms with E-state index in [4.69, 9.17) is 21.9 Å². The Morgan fingerprint density at radius 3 is 2.62 bits per heavy atom. The third-order valence-corrected chi connectivity index (χ3v) is 6.13. The standard InChI is InChI=1S/C24H23FN6O3/c1-34-19-9-18(14-4-2-3-5-16(14)25)29-17-8-12(6-7-15(17)19)21-20(23(27)32)22(26)31(30-21)13-10-24(28,33)11-13/h2-9,13,33H,10-11,26,28H2,1H3,(H2,27,32). The Morgan fingerprint density at radius 1 is 1.24 bits per heavy atom. The Morgan fingerprint density at radius 2 is 1.97 bits per heavy atom. The largest absolute Gasteiger partial charge is 0.496 e. The molecular weight excluding hydrogens is 439 g/mol. The topological polar surface area (TPSA) is 155 Å². The summed E-state index contributed by atoms with van der Waals surface area (Å²) < 4.78 is 21.4. The minimum atomic E-state index is -1.29. The van der Waals surface area contributed by atoms with E-state index in [9.17, 15) is 14.3 Å². The van der Waals surface area contributed by atoms with Gasteiger partial charge < -0.3 is 27.0 Å². The number of nitrogens with zero attached hydrogens (tertiary/aromatic N) is 3. The minimum absolute atomic E-state index is 0.0732. The highest BCUT2D eigenvalue weighted by atomic mass is 19.1. The van der Waals surface area contributed by atoms with Crippen molar-refractivity contribution in [3.05, 3.63) is 59.9 Å². The maximum atomic E-state index is 14.4. The van der Waals surface area contributed by atoms with E-state index >= 15 is 0 Å². The molecule has 0 atom stereocenters. The SMILES string of the molecule is COc1cc(-c2ccccc2F)nc2cc(-c3nn(C4CC(N)(O)C4)c(N)c3C(N)=O)ccc12. The van der Waals surface area contributed by atoms with E-state index < -0.39 is 17.4 Å². The molecule has 0 saturated heterocycles. The van der Waals surface area contributed by atoms with Crippen LogP contribution in [0.25, 0.3) is 33.4 Å². The molecule has 2 aromatic carbocycles. The number of anilines is 1. The summed E-state index contributed by atoms with van der Waals surface area (Å²) in [5, 5.41) is 15.1. The Bertz CT molecular complexity index is 1440. The van der Waals surface area contributed by atoms with E-state index in [2.05, 4.69) is 10.1 Å². The number of halogens is 1. The van der Waals surface area contributed by atoms with Crippen LogP contribution >= 0.6 is 0 Å². The van der Waals surface area contributed by atoms with Crippen molar-refractivity contribution in [1.82, 2.24) is 14.8 Å². The van der Waals surface area contributed by atoms with Gasteiger partial charge in [-0.2, -0.15) is 5.10 Å². The average Bonchev–Trinajstić information content (AvgIpc) is 3.13. The normalized spacial score (nSPS) is 19.7. The molecule has 10 heteroatoms. The molecule has 5 rings (SSSR count). The number of aromatic nitrogens is 3. The number of hydrogen-bond donors (Lipinski definition) is 4. The summed E-state index contributed by atoms with van der Waals surface area (Å²) in [5.41, 5.74) is 18.4. The lowest BCUT2D eigenvalue weighted by atomic mass is 9.83. The maximum absolute atomic E-state index is 14.4. The quantitative estimate of drug-likeness (QED) is 0.332. The Balaban J connectivity index is 1.66. The Kier molecular flexibility index (Phi) is 4.99. The van der Waals surface area contributed by atoms with Crippen molar-refractivity contribution in [1.29, 1.82) is 0 Å². The number of carbonyl (C=O) groups excluding carboxylic acids is 1. The predicted octanol–water partition coefficient (Wildman–Crippen LogP) is 2.58. The van der Waals surface area contributed by atoms with Crippen LogP contribution in [0, 0.1) is 5.82 Å². The zero-order valence-corrected chi connectivity index (χ0v) is 18.3. The minimum Gasteiger partial charge on any atom is -0.496 e. The van der Waals surface area contributed by atoms with Gasteiger partial charge >= 0.3 is 0 Å². The fraction of sp³-hybridized carbons (Fsp3) is 0.208. The molecule has 2 heterocycles. The summed E-state index contributed by atoms with van der Waals surface area (Å²) in [4.78, 5) is 16.9. The molecule has 1 aliphatic carbocycles. The van der Waals surface area contributed by atoms with E-state index in [1.54, 1.807) is 42.5 Å². The number of aliphatic hydroxyl groups is 1. The summed E-state index contributed by atoms with van der Waals surface area (Å²) >= 11 is 0. The monoisotopic (exact) mass is 462 g/mol. The lowest BCUT2D eigenvalue weighted by Gasteiger charge is -2.40. The number of nitrogens with two attached hydrogens (primary N) is 3. The smallest absolute Gasteiger partial charge is 0.254 e. The number of carbonyl (C=O) groups is 1. The van der Waals surface area contributed by atoms with Crippen LogP contribution in [0.4, 0.5) is 10.2 Å². The summed E-state index contributed by atoms with van der Waals surface area (Å²) in [5.74, 6) is -0.511. The van der Waals surface area contributed by atoms with Crippen molar-refractivity contribution in [3.8, 4) is 28.3 Å². The zero-order valence-electron chi connectivity index (χ0n) is 18.3. The van der Waals surface area contributed by atoms with Gasteiger partial charge in [-0.15, -0.1) is 0 Å². The summed E-state index contributed by atoms with van der Waals surface area (Å²) in [6.45, 7) is 0. The molecule has 1 fully saturated rings. The van der Waals surface area contributed by atoms with Crippen LogP contribution in [-0.2, 0) is 0 Å². The van der Waals surface area contributed by atoms with Gasteiger partial charge in [0.25, 0.3) is 5.91 Å². The molecule has 174 valence electrons. The molecular formula is C24H23FN6O3. The number of fused-ring (bicyclic) bond motifs is 1. The number of nitrogen functional groups attached to an aromatic ring is 1. The van der Waals surface area contributed by atoms with Crippen molar-refractivity contribution in [2.24, 2.45) is 11.5 Å². The first-order chi connectivity index (χ1) is 16.2. The Labute approximate surface area is 193 Å². The molecule has 1 amide bonds. The highest BCUT2D eigenvalue weighted by Crippen LogP contribution is 2.41. The number of primary amides is 1. The molecule has 4 aromatic rings. The third kappa shape index (κ3) is 3.53. The second-order valence-electron chi connectivity index (χ2n) is 8.50. The van der Waals surface area contributed by atoms with Gasteiger partial charge in [0.2, 0.25) is 0 Å². The molecule has 2 aromatic heterocycles. The van der Waals surface area contributed by atoms with Crippen molar-refractivity contribution in [2.75, 3.05) is 12.8 Å². The van der Waals surface area contributed by atoms with Gasteiger partial charge in [0, 0.05) is 35.4 Å². The van der Waals surface area contributed by atoms with Crippen LogP contribution < -0.4 is 21.9 Å². The first kappa shape index (κ1) is 21.8. The Hall–Kier alpha value is -4.02. The molecule has 1 saturated carbocycles. The van der Waals surface area contributed by atoms with E-state index in [0.717, 1.165) is 0 Å². The van der Waals surface area contributed by atoms with Gasteiger partial charge in [-0.3, -0.25) is 4.79 Å². The third-order valence-electron chi connectivity index (χ3n) is 6.13. The zero-order chi connectivity index (χ0) is 24.2. The molecule has 0 radical (unpaired) electrons. The van der Waals surface area contributed by atoms with Gasteiger partial charge in [-0.1, -0.05) is 18.2 Å². The summed E-state index contributed by atoms with van der Waals surface area (Å²) in [6, 6.07) is 13.0. The summed E-state index contributed by atoms with van der Waals surface area (Å²) in [6.07, 6.45) is 0.498. The molecule has 7 N–H and O–H groups in total. The van der Waals surface area contributed by atoms with Crippen molar-refractivity contribution in [3.63, 3.8) is 0 Å². The van der Waals surface area contributed by atoms with Gasteiger partial charge in [-0.05, 0) is 24.3 Å². The number of ether oxygens (including phenoxy) is 1. The average molecular weight is 462 g/mol. The van der Waals surface area contributed by atoms with Gasteiger partial charge in [0.15, 0.2) is 0 Å². The predicted molar refractivity (Wildman–Crippen MR) is 125 cm³/mol. The number of amides is 1. The van der Waals surface area contributed by atoms with Gasteiger partial charge in [0.05, 0.1) is 24.4 Å². The van der Waals surface area contributed by atoms with Crippen LogP contribution in [0.3, 0.4) is 0 Å². The molecule has 0 bridgehead atoms. The number of pyridine rings is 1. The highest BCUT2D eigenvalue weighted by Gasteiger charge is 2.42. The van der Waals surface area contributed by atoms with Crippen molar-refractivity contribution >= 4 is 22.6 Å². The van der Waals surface area contributed by atoms with E-state index in [-0.39, 0.29) is 36.0 Å². The number of rotatable bonds is 5. The fourth-order valence-corrected chi connectivity index (χ4v) is 4.42. The first-order valence-electron chi connectivity index (χ1n) is 10.6. The van der Waals surface area contributed by atoms with Crippen LogP contribution in [0.1, 0.15) is 29.2 Å². The van der Waals surface area contributed by atoms with E-state index in [0.29, 0.717) is 33.5 Å². The van der Waals surface area contributed by atoms with Gasteiger partial charge in [0.1, 0.15) is 34.4 Å². The maximum Gasteiger partial charge on any atom is 0.254 e. The molecule has 34 heavy (non-hydrogen) atoms. The number of benzene rings is 2. The molecule has 1 aliphatic rings. The van der Waals surface area contributed by atoms with Crippen LogP contribution in [0.15, 0.2) is 48.5 Å². The second-order valence-corrected chi connectivity index (χ2v) is 8.50. The van der Waals surface area contributed by atoms with Crippen molar-refractivity contribution < 1.29 is 19.0 Å². The lowest BCUT2D eigenvalue weighted by Crippen LogP contribution is -2.52. The van der Waals surface area contributed by atoms with Crippen LogP contribution in [0.2, 0.25) is 0 Å². The van der Waals surface area contributed by atoms with E-state index in [1.807, 2.05) is 0 Å². The molecule has 0 spiro atoms. The van der Waals surface area contributed by atoms with Gasteiger partial charge in [-0.25, -0.2) is 14.1 Å².